The zero-order valence-corrected chi connectivity index (χ0v) is 13.4. The van der Waals surface area contributed by atoms with Gasteiger partial charge in [0.15, 0.2) is 6.10 Å². The lowest BCUT2D eigenvalue weighted by Gasteiger charge is -2.35. The van der Waals surface area contributed by atoms with E-state index < -0.39 is 6.10 Å². The van der Waals surface area contributed by atoms with Gasteiger partial charge in [-0.2, -0.15) is 0 Å². The first-order valence-corrected chi connectivity index (χ1v) is 7.78. The number of anilines is 1. The molecule has 0 spiro atoms. The molecule has 0 saturated carbocycles. The minimum atomic E-state index is -0.560. The van der Waals surface area contributed by atoms with E-state index in [0.29, 0.717) is 31.2 Å². The molecule has 0 bridgehead atoms. The summed E-state index contributed by atoms with van der Waals surface area (Å²) in [6, 6.07) is 13.5. The SMILES string of the molecule is CNC(=O)[C@H]1CN(CCOc2ccc(F)cc2)c2ccccc2O1. The van der Waals surface area contributed by atoms with Crippen molar-refractivity contribution in [2.45, 2.75) is 6.10 Å². The van der Waals surface area contributed by atoms with Gasteiger partial charge in [0, 0.05) is 7.05 Å². The number of carbonyl (C=O) groups is 1. The molecule has 1 aliphatic heterocycles. The van der Waals surface area contributed by atoms with E-state index in [4.69, 9.17) is 9.47 Å². The molecule has 1 heterocycles. The molecule has 126 valence electrons. The number of nitrogens with one attached hydrogen (secondary N) is 1. The van der Waals surface area contributed by atoms with Crippen molar-refractivity contribution < 1.29 is 18.7 Å². The van der Waals surface area contributed by atoms with Gasteiger partial charge in [-0.25, -0.2) is 4.39 Å². The van der Waals surface area contributed by atoms with Crippen LogP contribution < -0.4 is 19.7 Å². The first kappa shape index (κ1) is 16.1. The Labute approximate surface area is 140 Å². The molecule has 0 aromatic heterocycles. The number of para-hydroxylation sites is 2. The highest BCUT2D eigenvalue weighted by molar-refractivity contribution is 5.83. The Morgan fingerprint density at radius 3 is 2.79 bits per heavy atom. The lowest BCUT2D eigenvalue weighted by Crippen LogP contribution is -2.49. The molecule has 2 aromatic carbocycles. The molecule has 0 aliphatic carbocycles. The molecule has 6 heteroatoms. The monoisotopic (exact) mass is 330 g/mol. The summed E-state index contributed by atoms with van der Waals surface area (Å²) in [5, 5.41) is 2.62. The smallest absolute Gasteiger partial charge is 0.262 e. The van der Waals surface area contributed by atoms with Crippen LogP contribution in [0.3, 0.4) is 0 Å². The molecule has 5 nitrogen and oxygen atoms in total. The van der Waals surface area contributed by atoms with E-state index in [1.54, 1.807) is 19.2 Å². The zero-order chi connectivity index (χ0) is 16.9. The minimum Gasteiger partial charge on any atom is -0.492 e. The molecular formula is C18H19FN2O3. The topological polar surface area (TPSA) is 50.8 Å². The number of ether oxygens (including phenoxy) is 2. The van der Waals surface area contributed by atoms with E-state index in [1.165, 1.54) is 12.1 Å². The van der Waals surface area contributed by atoms with Crippen LogP contribution in [0.25, 0.3) is 0 Å². The Kier molecular flexibility index (Phi) is 4.84. The van der Waals surface area contributed by atoms with Crippen molar-refractivity contribution in [1.29, 1.82) is 0 Å². The van der Waals surface area contributed by atoms with Crippen molar-refractivity contribution in [2.24, 2.45) is 0 Å². The molecule has 0 saturated heterocycles. The maximum atomic E-state index is 12.9. The summed E-state index contributed by atoms with van der Waals surface area (Å²) in [7, 11) is 1.59. The standard InChI is InChI=1S/C18H19FN2O3/c1-20-18(22)17-12-21(15-4-2-3-5-16(15)24-17)10-11-23-14-8-6-13(19)7-9-14/h2-9,17H,10-12H2,1H3,(H,20,22)/t17-/m1/s1. The second-order valence-electron chi connectivity index (χ2n) is 5.44. The summed E-state index contributed by atoms with van der Waals surface area (Å²) in [6.07, 6.45) is -0.560. The van der Waals surface area contributed by atoms with Crippen molar-refractivity contribution in [3.05, 3.63) is 54.3 Å². The van der Waals surface area contributed by atoms with Gasteiger partial charge in [0.05, 0.1) is 18.8 Å². The van der Waals surface area contributed by atoms with Crippen LogP contribution in [-0.2, 0) is 4.79 Å². The minimum absolute atomic E-state index is 0.158. The molecule has 3 rings (SSSR count). The summed E-state index contributed by atoms with van der Waals surface area (Å²) in [5.74, 6) is 0.840. The van der Waals surface area contributed by atoms with Crippen molar-refractivity contribution >= 4 is 11.6 Å². The Bertz CT molecular complexity index is 706. The Morgan fingerprint density at radius 2 is 2.04 bits per heavy atom. The van der Waals surface area contributed by atoms with E-state index in [2.05, 4.69) is 10.2 Å². The van der Waals surface area contributed by atoms with Crippen LogP contribution in [0, 0.1) is 5.82 Å². The Hall–Kier alpha value is -2.76. The molecule has 1 N–H and O–H groups in total. The van der Waals surface area contributed by atoms with Crippen LogP contribution in [0.4, 0.5) is 10.1 Å². The number of amides is 1. The van der Waals surface area contributed by atoms with Gasteiger partial charge in [-0.15, -0.1) is 0 Å². The summed E-state index contributed by atoms with van der Waals surface area (Å²) in [4.78, 5) is 14.0. The average molecular weight is 330 g/mol. The van der Waals surface area contributed by atoms with Crippen molar-refractivity contribution in [2.75, 3.05) is 31.6 Å². The van der Waals surface area contributed by atoms with Crippen LogP contribution in [-0.4, -0.2) is 38.8 Å². The molecule has 1 aliphatic rings. The maximum Gasteiger partial charge on any atom is 0.262 e. The number of nitrogens with zero attached hydrogens (tertiary/aromatic N) is 1. The summed E-state index contributed by atoms with van der Waals surface area (Å²) in [5.41, 5.74) is 0.931. The Balaban J connectivity index is 1.66. The van der Waals surface area contributed by atoms with E-state index in [1.807, 2.05) is 24.3 Å². The van der Waals surface area contributed by atoms with Gasteiger partial charge in [0.25, 0.3) is 5.91 Å². The van der Waals surface area contributed by atoms with Crippen LogP contribution in [0.15, 0.2) is 48.5 Å². The normalized spacial score (nSPS) is 16.1. The molecule has 0 radical (unpaired) electrons. The van der Waals surface area contributed by atoms with Gasteiger partial charge in [0.1, 0.15) is 23.9 Å². The van der Waals surface area contributed by atoms with Gasteiger partial charge in [-0.3, -0.25) is 4.79 Å². The third-order valence-corrected chi connectivity index (χ3v) is 3.84. The number of carbonyl (C=O) groups excluding carboxylic acids is 1. The molecule has 0 unspecified atom stereocenters. The third-order valence-electron chi connectivity index (χ3n) is 3.84. The molecule has 24 heavy (non-hydrogen) atoms. The highest BCUT2D eigenvalue weighted by Crippen LogP contribution is 2.32. The predicted molar refractivity (Wildman–Crippen MR) is 89.0 cm³/mol. The molecular weight excluding hydrogens is 311 g/mol. The number of fused-ring (bicyclic) bond motifs is 1. The van der Waals surface area contributed by atoms with Crippen LogP contribution in [0.2, 0.25) is 0 Å². The number of halogens is 1. The van der Waals surface area contributed by atoms with E-state index in [-0.39, 0.29) is 11.7 Å². The van der Waals surface area contributed by atoms with Gasteiger partial charge in [0.2, 0.25) is 0 Å². The summed E-state index contributed by atoms with van der Waals surface area (Å²) >= 11 is 0. The van der Waals surface area contributed by atoms with E-state index >= 15 is 0 Å². The van der Waals surface area contributed by atoms with Gasteiger partial charge in [-0.05, 0) is 36.4 Å². The molecule has 2 aromatic rings. The van der Waals surface area contributed by atoms with Gasteiger partial charge in [-0.1, -0.05) is 12.1 Å². The number of benzene rings is 2. The number of hydrogen-bond acceptors (Lipinski definition) is 4. The summed E-state index contributed by atoms with van der Waals surface area (Å²) < 4.78 is 24.3. The first-order chi connectivity index (χ1) is 11.7. The summed E-state index contributed by atoms with van der Waals surface area (Å²) in [6.45, 7) is 1.45. The van der Waals surface area contributed by atoms with E-state index in [0.717, 1.165) is 5.69 Å². The molecule has 1 atom stereocenters. The third kappa shape index (κ3) is 3.59. The lowest BCUT2D eigenvalue weighted by atomic mass is 10.2. The van der Waals surface area contributed by atoms with Crippen LogP contribution in [0.1, 0.15) is 0 Å². The highest BCUT2D eigenvalue weighted by atomic mass is 19.1. The number of rotatable bonds is 5. The maximum absolute atomic E-state index is 12.9. The van der Waals surface area contributed by atoms with Gasteiger partial charge < -0.3 is 19.7 Å². The van der Waals surface area contributed by atoms with Crippen molar-refractivity contribution in [3.8, 4) is 11.5 Å². The van der Waals surface area contributed by atoms with Crippen molar-refractivity contribution in [3.63, 3.8) is 0 Å². The quantitative estimate of drug-likeness (QED) is 0.913. The van der Waals surface area contributed by atoms with Gasteiger partial charge >= 0.3 is 0 Å². The lowest BCUT2D eigenvalue weighted by molar-refractivity contribution is -0.127. The molecule has 1 amide bonds. The second kappa shape index (κ2) is 7.21. The van der Waals surface area contributed by atoms with Crippen molar-refractivity contribution in [1.82, 2.24) is 5.32 Å². The first-order valence-electron chi connectivity index (χ1n) is 7.78. The zero-order valence-electron chi connectivity index (χ0n) is 13.4. The number of likely N-dealkylation sites (N-methyl/N-ethyl adjacent to an activating group) is 1. The fourth-order valence-electron chi connectivity index (χ4n) is 2.62. The Morgan fingerprint density at radius 1 is 1.29 bits per heavy atom. The average Bonchev–Trinajstić information content (AvgIpc) is 2.62. The molecule has 0 fully saturated rings. The largest absolute Gasteiger partial charge is 0.492 e. The predicted octanol–water partition coefficient (Wildman–Crippen LogP) is 2.22. The van der Waals surface area contributed by atoms with E-state index in [9.17, 15) is 9.18 Å². The number of hydrogen-bond donors (Lipinski definition) is 1. The second-order valence-corrected chi connectivity index (χ2v) is 5.44. The fourth-order valence-corrected chi connectivity index (χ4v) is 2.62. The van der Waals surface area contributed by atoms with Crippen LogP contribution in [0.5, 0.6) is 11.5 Å². The fraction of sp³-hybridized carbons (Fsp3) is 0.278. The highest BCUT2D eigenvalue weighted by Gasteiger charge is 2.29. The van der Waals surface area contributed by atoms with Crippen LogP contribution >= 0.6 is 0 Å².